The Bertz CT molecular complexity index is 571. The Labute approximate surface area is 116 Å². The van der Waals surface area contributed by atoms with Crippen LogP contribution in [0.1, 0.15) is 38.1 Å². The second kappa shape index (κ2) is 6.47. The molecule has 6 heteroatoms. The third kappa shape index (κ3) is 3.14. The zero-order chi connectivity index (χ0) is 14.5. The molecule has 1 aromatic carbocycles. The van der Waals surface area contributed by atoms with Gasteiger partial charge in [0.2, 0.25) is 11.7 Å². The van der Waals surface area contributed by atoms with Crippen molar-refractivity contribution in [3.05, 3.63) is 29.9 Å². The third-order valence-corrected chi connectivity index (χ3v) is 3.04. The maximum absolute atomic E-state index is 13.3. The lowest BCUT2D eigenvalue weighted by Crippen LogP contribution is -2.10. The summed E-state index contributed by atoms with van der Waals surface area (Å²) in [5.41, 5.74) is 6.60. The summed E-state index contributed by atoms with van der Waals surface area (Å²) in [6.07, 6.45) is 2.86. The minimum Gasteiger partial charge on any atom is -0.494 e. The molecule has 0 aliphatic heterocycles. The molecule has 0 spiro atoms. The molecular weight excluding hydrogens is 261 g/mol. The highest BCUT2D eigenvalue weighted by Gasteiger charge is 2.16. The lowest BCUT2D eigenvalue weighted by Gasteiger charge is -2.04. The summed E-state index contributed by atoms with van der Waals surface area (Å²) in [7, 11) is 1.41. The standard InChI is InChI=1S/C14H18FN3O2/c1-3-4-5-11(16)14-17-13(18-20-14)9-6-7-10(15)12(8-9)19-2/h6-8,11H,3-5,16H2,1-2H3. The molecule has 0 saturated carbocycles. The van der Waals surface area contributed by atoms with Crippen molar-refractivity contribution >= 4 is 0 Å². The molecule has 108 valence electrons. The quantitative estimate of drug-likeness (QED) is 0.879. The van der Waals surface area contributed by atoms with E-state index in [1.165, 1.54) is 19.2 Å². The minimum absolute atomic E-state index is 0.143. The van der Waals surface area contributed by atoms with E-state index in [2.05, 4.69) is 17.1 Å². The van der Waals surface area contributed by atoms with E-state index in [4.69, 9.17) is 15.0 Å². The number of aromatic nitrogens is 2. The minimum atomic E-state index is -0.431. The number of hydrogen-bond acceptors (Lipinski definition) is 5. The number of benzene rings is 1. The maximum atomic E-state index is 13.3. The van der Waals surface area contributed by atoms with Gasteiger partial charge >= 0.3 is 0 Å². The molecule has 0 radical (unpaired) electrons. The Hall–Kier alpha value is -1.95. The predicted octanol–water partition coefficient (Wildman–Crippen LogP) is 3.07. The molecule has 1 unspecified atom stereocenters. The molecule has 1 aromatic heterocycles. The van der Waals surface area contributed by atoms with Crippen molar-refractivity contribution in [2.24, 2.45) is 5.73 Å². The molecule has 5 nitrogen and oxygen atoms in total. The molecule has 2 aromatic rings. The highest BCUT2D eigenvalue weighted by molar-refractivity contribution is 5.57. The molecule has 2 N–H and O–H groups in total. The number of nitrogens with zero attached hydrogens (tertiary/aromatic N) is 2. The van der Waals surface area contributed by atoms with Crippen molar-refractivity contribution in [2.75, 3.05) is 7.11 Å². The van der Waals surface area contributed by atoms with Crippen LogP contribution in [0.25, 0.3) is 11.4 Å². The average molecular weight is 279 g/mol. The highest BCUT2D eigenvalue weighted by atomic mass is 19.1. The molecule has 1 heterocycles. The zero-order valence-electron chi connectivity index (χ0n) is 11.6. The first-order valence-corrected chi connectivity index (χ1v) is 6.58. The van der Waals surface area contributed by atoms with Crippen LogP contribution in [0.4, 0.5) is 4.39 Å². The molecule has 20 heavy (non-hydrogen) atoms. The summed E-state index contributed by atoms with van der Waals surface area (Å²) in [6, 6.07) is 4.14. The van der Waals surface area contributed by atoms with Gasteiger partial charge in [0.15, 0.2) is 11.6 Å². The molecule has 0 fully saturated rings. The zero-order valence-corrected chi connectivity index (χ0v) is 11.6. The van der Waals surface area contributed by atoms with Crippen molar-refractivity contribution in [2.45, 2.75) is 32.2 Å². The number of ether oxygens (including phenoxy) is 1. The van der Waals surface area contributed by atoms with Crippen molar-refractivity contribution in [3.63, 3.8) is 0 Å². The summed E-state index contributed by atoms with van der Waals surface area (Å²) in [5.74, 6) is 0.491. The van der Waals surface area contributed by atoms with Gasteiger partial charge in [0, 0.05) is 5.56 Å². The lowest BCUT2D eigenvalue weighted by atomic mass is 10.1. The average Bonchev–Trinajstić information content (AvgIpc) is 2.95. The van der Waals surface area contributed by atoms with Crippen LogP contribution in [0.3, 0.4) is 0 Å². The van der Waals surface area contributed by atoms with Crippen molar-refractivity contribution < 1.29 is 13.7 Å². The van der Waals surface area contributed by atoms with Crippen molar-refractivity contribution in [3.8, 4) is 17.1 Å². The van der Waals surface area contributed by atoms with Crippen LogP contribution < -0.4 is 10.5 Å². The first kappa shape index (κ1) is 14.5. The van der Waals surface area contributed by atoms with Crippen molar-refractivity contribution in [1.82, 2.24) is 10.1 Å². The smallest absolute Gasteiger partial charge is 0.243 e. The second-order valence-electron chi connectivity index (χ2n) is 4.55. The topological polar surface area (TPSA) is 74.2 Å². The van der Waals surface area contributed by atoms with Gasteiger partial charge in [-0.1, -0.05) is 24.9 Å². The highest BCUT2D eigenvalue weighted by Crippen LogP contribution is 2.25. The predicted molar refractivity (Wildman–Crippen MR) is 72.7 cm³/mol. The summed E-state index contributed by atoms with van der Waals surface area (Å²) in [4.78, 5) is 4.26. The Morgan fingerprint density at radius 3 is 2.95 bits per heavy atom. The maximum Gasteiger partial charge on any atom is 0.243 e. The largest absolute Gasteiger partial charge is 0.494 e. The number of halogens is 1. The van der Waals surface area contributed by atoms with E-state index in [9.17, 15) is 4.39 Å². The fourth-order valence-corrected chi connectivity index (χ4v) is 1.85. The number of rotatable bonds is 6. The first-order valence-electron chi connectivity index (χ1n) is 6.58. The first-order chi connectivity index (χ1) is 9.65. The van der Waals surface area contributed by atoms with E-state index in [0.29, 0.717) is 17.3 Å². The molecule has 0 aliphatic rings. The molecular formula is C14H18FN3O2. The normalized spacial score (nSPS) is 12.4. The molecule has 0 bridgehead atoms. The molecule has 0 amide bonds. The van der Waals surface area contributed by atoms with Gasteiger partial charge in [0.1, 0.15) is 0 Å². The fraction of sp³-hybridized carbons (Fsp3) is 0.429. The Morgan fingerprint density at radius 1 is 1.45 bits per heavy atom. The van der Waals surface area contributed by atoms with E-state index in [-0.39, 0.29) is 11.8 Å². The van der Waals surface area contributed by atoms with Gasteiger partial charge in [-0.05, 0) is 24.6 Å². The van der Waals surface area contributed by atoms with E-state index in [1.54, 1.807) is 6.07 Å². The van der Waals surface area contributed by atoms with Crippen LogP contribution in [0.2, 0.25) is 0 Å². The number of hydrogen-bond donors (Lipinski definition) is 1. The van der Waals surface area contributed by atoms with Crippen molar-refractivity contribution in [1.29, 1.82) is 0 Å². The number of methoxy groups -OCH3 is 1. The monoisotopic (exact) mass is 279 g/mol. The Morgan fingerprint density at radius 2 is 2.25 bits per heavy atom. The van der Waals surface area contributed by atoms with Crippen LogP contribution in [0.15, 0.2) is 22.7 Å². The second-order valence-corrected chi connectivity index (χ2v) is 4.55. The Balaban J connectivity index is 2.20. The van der Waals surface area contributed by atoms with Crippen LogP contribution in [-0.2, 0) is 0 Å². The summed E-state index contributed by atoms with van der Waals surface area (Å²) in [5, 5.41) is 3.88. The lowest BCUT2D eigenvalue weighted by molar-refractivity contribution is 0.346. The molecule has 0 aliphatic carbocycles. The molecule has 0 saturated heterocycles. The van der Waals surface area contributed by atoms with Gasteiger partial charge in [-0.15, -0.1) is 0 Å². The van der Waals surface area contributed by atoms with Gasteiger partial charge in [-0.2, -0.15) is 4.98 Å². The molecule has 1 atom stereocenters. The van der Waals surface area contributed by atoms with E-state index < -0.39 is 5.82 Å². The summed E-state index contributed by atoms with van der Waals surface area (Å²) in [6.45, 7) is 2.09. The van der Waals surface area contributed by atoms with E-state index >= 15 is 0 Å². The summed E-state index contributed by atoms with van der Waals surface area (Å²) >= 11 is 0. The van der Waals surface area contributed by atoms with Gasteiger partial charge in [-0.25, -0.2) is 4.39 Å². The van der Waals surface area contributed by atoms with E-state index in [0.717, 1.165) is 19.3 Å². The van der Waals surface area contributed by atoms with Gasteiger partial charge in [-0.3, -0.25) is 0 Å². The SMILES string of the molecule is CCCCC(N)c1nc(-c2ccc(F)c(OC)c2)no1. The van der Waals surface area contributed by atoms with E-state index in [1.807, 2.05) is 0 Å². The van der Waals surface area contributed by atoms with Crippen LogP contribution in [-0.4, -0.2) is 17.3 Å². The Kier molecular flexibility index (Phi) is 4.68. The fourth-order valence-electron chi connectivity index (χ4n) is 1.85. The van der Waals surface area contributed by atoms with Gasteiger partial charge in [0.25, 0.3) is 0 Å². The van der Waals surface area contributed by atoms with Crippen LogP contribution in [0.5, 0.6) is 5.75 Å². The summed E-state index contributed by atoms with van der Waals surface area (Å²) < 4.78 is 23.4. The van der Waals surface area contributed by atoms with Gasteiger partial charge in [0.05, 0.1) is 13.2 Å². The van der Waals surface area contributed by atoms with Crippen LogP contribution >= 0.6 is 0 Å². The van der Waals surface area contributed by atoms with Crippen LogP contribution in [0, 0.1) is 5.82 Å². The van der Waals surface area contributed by atoms with Gasteiger partial charge < -0.3 is 15.0 Å². The molecule has 2 rings (SSSR count). The number of unbranched alkanes of at least 4 members (excludes halogenated alkanes) is 1. The third-order valence-electron chi connectivity index (χ3n) is 3.04. The number of nitrogens with two attached hydrogens (primary N) is 1.